The van der Waals surface area contributed by atoms with E-state index in [0.717, 1.165) is 0 Å². The summed E-state index contributed by atoms with van der Waals surface area (Å²) in [5.41, 5.74) is 60.8. The van der Waals surface area contributed by atoms with Gasteiger partial charge in [-0.1, -0.05) is 0 Å². The van der Waals surface area contributed by atoms with Gasteiger partial charge in [0.25, 0.3) is 0 Å². The van der Waals surface area contributed by atoms with E-state index in [1.54, 1.807) is 0 Å². The van der Waals surface area contributed by atoms with Crippen LogP contribution in [0.3, 0.4) is 0 Å². The topological polar surface area (TPSA) is 962 Å². The second kappa shape index (κ2) is 59.6. The number of amides is 11. The number of hydrogen-bond acceptors (Lipinski definition) is 22. The van der Waals surface area contributed by atoms with Crippen molar-refractivity contribution in [2.75, 3.05) is 79.2 Å². The van der Waals surface area contributed by atoms with Gasteiger partial charge in [-0.05, 0) is 128 Å². The summed E-state index contributed by atoms with van der Waals surface area (Å²) in [5, 5.41) is 128. The van der Waals surface area contributed by atoms with Crippen molar-refractivity contribution in [3.63, 3.8) is 0 Å². The van der Waals surface area contributed by atoms with E-state index in [4.69, 9.17) is 122 Å². The Labute approximate surface area is 671 Å². The fourth-order valence-corrected chi connectivity index (χ4v) is 10.8. The lowest BCUT2D eigenvalue weighted by molar-refractivity contribution is -0.136. The summed E-state index contributed by atoms with van der Waals surface area (Å²) in [6, 6.07) is -15.1. The summed E-state index contributed by atoms with van der Waals surface area (Å²) in [5.74, 6) is -14.7. The Morgan fingerprint density at radius 3 is 0.457 bits per heavy atom. The normalized spacial score (nSPS) is 13.2. The highest BCUT2D eigenvalue weighted by molar-refractivity contribution is 5.99. The Morgan fingerprint density at radius 1 is 0.216 bits per heavy atom. The summed E-state index contributed by atoms with van der Waals surface area (Å²) < 4.78 is 4.93. The predicted octanol–water partition coefficient (Wildman–Crippen LogP) is -13.4. The number of nitrogens with one attached hydrogen (secondary N) is 30. The van der Waals surface area contributed by atoms with E-state index in [9.17, 15) is 47.9 Å². The molecule has 0 rings (SSSR count). The molecular weight excluding hydrogens is 1520 g/mol. The molecule has 0 fully saturated rings. The number of carbonyl (C=O) groups is 11. The molecule has 11 amide bonds. The third-order valence-corrected chi connectivity index (χ3v) is 16.5. The van der Waals surface area contributed by atoms with Crippen LogP contribution in [0.1, 0.15) is 128 Å². The number of guanidine groups is 10. The van der Waals surface area contributed by atoms with E-state index in [1.807, 2.05) is 0 Å². The van der Waals surface area contributed by atoms with Gasteiger partial charge in [0, 0.05) is 72.6 Å². The smallest absolute Gasteiger partial charge is 0.246 e. The minimum absolute atomic E-state index is 0.00351. The van der Waals surface area contributed by atoms with Crippen LogP contribution in [0.15, 0.2) is 0 Å². The first kappa shape index (κ1) is 103. The first-order chi connectivity index (χ1) is 54.8. The fourth-order valence-electron chi connectivity index (χ4n) is 10.8. The number of rotatable bonds is 62. The zero-order chi connectivity index (χ0) is 87.7. The molecule has 52 N–H and O–H groups in total. The Bertz CT molecular complexity index is 3280. The molecule has 0 saturated carbocycles. The van der Waals surface area contributed by atoms with Gasteiger partial charge in [-0.3, -0.25) is 107 Å². The van der Waals surface area contributed by atoms with Gasteiger partial charge >= 0.3 is 0 Å². The van der Waals surface area contributed by atoms with Crippen molar-refractivity contribution < 1.29 is 57.5 Å². The molecule has 0 aromatic carbocycles. The minimum Gasteiger partial charge on any atom is -0.375 e. The van der Waals surface area contributed by atoms with Crippen molar-refractivity contribution in [1.82, 2.24) is 106 Å². The van der Waals surface area contributed by atoms with E-state index < -0.39 is 180 Å². The van der Waals surface area contributed by atoms with Gasteiger partial charge < -0.3 is 174 Å². The maximum absolute atomic E-state index is 15.0. The van der Waals surface area contributed by atoms with Crippen LogP contribution in [0, 0.1) is 54.1 Å². The lowest BCUT2D eigenvalue weighted by atomic mass is 10.0. The first-order valence-electron chi connectivity index (χ1n) is 37.4. The number of ether oxygens (including phenoxy) is 1. The molecule has 0 saturated heterocycles. The molecule has 0 spiro atoms. The molecule has 656 valence electrons. The molecule has 0 aliphatic heterocycles. The lowest BCUT2D eigenvalue weighted by Crippen LogP contribution is -2.61. The van der Waals surface area contributed by atoms with Gasteiger partial charge in [-0.25, -0.2) is 0 Å². The Kier molecular flexibility index (Phi) is 52.8. The van der Waals surface area contributed by atoms with E-state index in [-0.39, 0.29) is 206 Å². The maximum Gasteiger partial charge on any atom is 0.246 e. The SMILES string of the molecule is COCC(=O)N[C@@H](CCCNC(=N)N)C(=O)N[C@@H](CCCNC(=N)N)C(=O)N[C@@H](CCCNC(=N)N)C(=O)N[C@@H](CCCNC(=N)N)C(=O)N[C@@H](CCCNC(=N)N)C(=O)N[C@@H](CCCNC(=N)N)C(=O)N[C@@H](CCCNC(=N)N)C(=O)N[C@@H](CCCNC(=N)N)C(=O)N[C@@H](CCCNC(=N)N)C(=O)N[C@@H](CCCNC(=N)N)C(N)=O. The van der Waals surface area contributed by atoms with Crippen molar-refractivity contribution in [3.05, 3.63) is 0 Å². The molecule has 116 heavy (non-hydrogen) atoms. The molecule has 53 heteroatoms. The van der Waals surface area contributed by atoms with Gasteiger partial charge in [0.05, 0.1) is 0 Å². The molecular formula is C63H127N41O12. The van der Waals surface area contributed by atoms with Gasteiger partial charge in [0.15, 0.2) is 59.6 Å². The zero-order valence-electron chi connectivity index (χ0n) is 65.4. The molecule has 0 aliphatic carbocycles. The van der Waals surface area contributed by atoms with Gasteiger partial charge in [-0.15, -0.1) is 0 Å². The van der Waals surface area contributed by atoms with Gasteiger partial charge in [0.1, 0.15) is 67.0 Å². The van der Waals surface area contributed by atoms with Crippen LogP contribution in [0.2, 0.25) is 0 Å². The van der Waals surface area contributed by atoms with Gasteiger partial charge in [-0.2, -0.15) is 0 Å². The quantitative estimate of drug-likeness (QED) is 0.0153. The monoisotopic (exact) mass is 1650 g/mol. The van der Waals surface area contributed by atoms with Crippen LogP contribution >= 0.6 is 0 Å². The largest absolute Gasteiger partial charge is 0.375 e. The number of primary amides is 1. The summed E-state index contributed by atoms with van der Waals surface area (Å²) in [7, 11) is 1.25. The van der Waals surface area contributed by atoms with E-state index in [2.05, 4.69) is 106 Å². The lowest BCUT2D eigenvalue weighted by Gasteiger charge is -2.29. The second-order valence-electron chi connectivity index (χ2n) is 26.3. The second-order valence-corrected chi connectivity index (χ2v) is 26.3. The average Bonchev–Trinajstić information content (AvgIpc) is 0.861. The van der Waals surface area contributed by atoms with Crippen LogP contribution in [0.4, 0.5) is 0 Å². The van der Waals surface area contributed by atoms with Crippen molar-refractivity contribution in [3.8, 4) is 0 Å². The number of nitrogens with two attached hydrogens (primary N) is 11. The molecule has 0 aromatic heterocycles. The van der Waals surface area contributed by atoms with Gasteiger partial charge in [0.2, 0.25) is 65.0 Å². The summed E-state index contributed by atoms with van der Waals surface area (Å²) in [4.78, 5) is 157. The molecule has 0 heterocycles. The third kappa shape index (κ3) is 51.4. The Balaban J connectivity index is 8.05. The van der Waals surface area contributed by atoms with Crippen LogP contribution in [0.25, 0.3) is 0 Å². The van der Waals surface area contributed by atoms with Crippen molar-refractivity contribution in [1.29, 1.82) is 54.1 Å². The van der Waals surface area contributed by atoms with E-state index >= 15 is 4.79 Å². The highest BCUT2D eigenvalue weighted by Crippen LogP contribution is 2.12. The Hall–Kier alpha value is -13.2. The highest BCUT2D eigenvalue weighted by atomic mass is 16.5. The van der Waals surface area contributed by atoms with Crippen LogP contribution in [0.5, 0.6) is 0 Å². The molecule has 0 aliphatic rings. The highest BCUT2D eigenvalue weighted by Gasteiger charge is 2.36. The predicted molar refractivity (Wildman–Crippen MR) is 432 cm³/mol. The van der Waals surface area contributed by atoms with Crippen LogP contribution in [-0.4, -0.2) is 264 Å². The number of methoxy groups -OCH3 is 1. The zero-order valence-corrected chi connectivity index (χ0v) is 65.4. The molecule has 0 bridgehead atoms. The average molecular weight is 1650 g/mol. The summed E-state index contributed by atoms with van der Waals surface area (Å²) in [6.45, 7) is -0.394. The molecule has 53 nitrogen and oxygen atoms in total. The van der Waals surface area contributed by atoms with Crippen LogP contribution < -0.4 is 169 Å². The third-order valence-electron chi connectivity index (χ3n) is 16.5. The summed E-state index contributed by atoms with van der Waals surface area (Å²) in [6.07, 6.45) is -1.35. The standard InChI is InChI=1S/C63H127N41O12/c1-116-32-43(105)95-34(13-3-23-86-55(67)68)45(107)97-36(15-5-25-88-57(71)72)47(109)99-38(17-7-27-90-59(75)76)49(111)101-40(19-9-29-92-61(79)80)51(113)103-42(21-11-31-94-63(83)84)53(115)104-41(20-10-30-93-62(81)82)52(114)102-39(18-8-28-91-60(77)78)50(112)100-37(16-6-26-89-58(73)74)48(110)98-35(14-4-24-87-56(69)70)46(108)96-33(44(64)106)12-2-22-85-54(65)66/h33-42H,2-32H2,1H3,(H2,64,106)(H,95,105)(H,96,108)(H,97,107)(H,98,110)(H,99,109)(H,100,112)(H,101,111)(H,102,114)(H,103,113)(H,104,115)(H4,65,66,85)(H4,67,68,86)(H4,69,70,87)(H4,71,72,88)(H4,73,74,89)(H4,75,76,90)(H4,77,78,91)(H4,79,80,92)(H4,81,82,93)(H4,83,84,94)/t33-,34-,35-,36-,37-,38-,39-,40-,41-,42-/m0/s1. The van der Waals surface area contributed by atoms with Crippen LogP contribution in [-0.2, 0) is 57.5 Å². The number of hydrogen-bond donors (Lipinski definition) is 41. The fraction of sp³-hybridized carbons (Fsp3) is 0.667. The van der Waals surface area contributed by atoms with Crippen molar-refractivity contribution >= 4 is 125 Å². The molecule has 0 radical (unpaired) electrons. The first-order valence-corrected chi connectivity index (χ1v) is 37.4. The molecule has 0 aromatic rings. The maximum atomic E-state index is 15.0. The van der Waals surface area contributed by atoms with E-state index in [0.29, 0.717) is 0 Å². The summed E-state index contributed by atoms with van der Waals surface area (Å²) >= 11 is 0. The van der Waals surface area contributed by atoms with Crippen molar-refractivity contribution in [2.45, 2.75) is 189 Å². The molecule has 10 atom stereocenters. The molecule has 0 unspecified atom stereocenters. The Morgan fingerprint density at radius 2 is 0.336 bits per heavy atom. The number of carbonyl (C=O) groups excluding carboxylic acids is 11. The van der Waals surface area contributed by atoms with Crippen molar-refractivity contribution in [2.24, 2.45) is 63.1 Å². The minimum atomic E-state index is -1.64. The van der Waals surface area contributed by atoms with E-state index in [1.165, 1.54) is 7.11 Å².